The van der Waals surface area contributed by atoms with E-state index in [4.69, 9.17) is 10.2 Å². The minimum absolute atomic E-state index is 0.243. The number of carbonyl (C=O) groups is 1. The number of rotatable bonds is 13. The van der Waals surface area contributed by atoms with Crippen LogP contribution in [0.25, 0.3) is 0 Å². The van der Waals surface area contributed by atoms with Crippen LogP contribution in [0, 0.1) is 5.92 Å². The molecule has 0 radical (unpaired) electrons. The van der Waals surface area contributed by atoms with Crippen LogP contribution in [0.3, 0.4) is 0 Å². The van der Waals surface area contributed by atoms with Crippen LogP contribution in [0.1, 0.15) is 77.0 Å². The van der Waals surface area contributed by atoms with E-state index < -0.39 is 5.97 Å². The average molecular weight is 308 g/mol. The van der Waals surface area contributed by atoms with Gasteiger partial charge in [-0.05, 0) is 50.0 Å². The number of aliphatic hydroxyl groups is 1. The first kappa shape index (κ1) is 19.0. The van der Waals surface area contributed by atoms with E-state index in [9.17, 15) is 4.79 Å². The molecule has 0 fully saturated rings. The molecule has 3 nitrogen and oxygen atoms in total. The Balaban J connectivity index is 1.82. The highest BCUT2D eigenvalue weighted by molar-refractivity contribution is 5.66. The maximum Gasteiger partial charge on any atom is 0.303 e. The van der Waals surface area contributed by atoms with Crippen molar-refractivity contribution in [2.75, 3.05) is 6.61 Å². The largest absolute Gasteiger partial charge is 0.481 e. The van der Waals surface area contributed by atoms with Crippen LogP contribution < -0.4 is 0 Å². The van der Waals surface area contributed by atoms with Crippen LogP contribution in [0.15, 0.2) is 23.8 Å². The van der Waals surface area contributed by atoms with Crippen molar-refractivity contribution in [2.24, 2.45) is 5.92 Å². The fourth-order valence-corrected chi connectivity index (χ4v) is 3.05. The van der Waals surface area contributed by atoms with Crippen molar-refractivity contribution in [3.05, 3.63) is 23.8 Å². The van der Waals surface area contributed by atoms with Crippen LogP contribution in [0.4, 0.5) is 0 Å². The SMILES string of the molecule is O=C(O)CCC=CCCCCCCCCC1C=C(CO)CC1. The second-order valence-electron chi connectivity index (χ2n) is 6.38. The van der Waals surface area contributed by atoms with Gasteiger partial charge in [0.15, 0.2) is 0 Å². The van der Waals surface area contributed by atoms with Gasteiger partial charge in [-0.1, -0.05) is 50.3 Å². The first-order chi connectivity index (χ1) is 10.7. The minimum Gasteiger partial charge on any atom is -0.481 e. The van der Waals surface area contributed by atoms with Crippen molar-refractivity contribution in [2.45, 2.75) is 77.0 Å². The lowest BCUT2D eigenvalue weighted by Crippen LogP contribution is -1.91. The number of aliphatic hydroxyl groups excluding tert-OH is 1. The molecule has 0 saturated carbocycles. The zero-order valence-corrected chi connectivity index (χ0v) is 13.8. The van der Waals surface area contributed by atoms with E-state index in [0.29, 0.717) is 6.42 Å². The van der Waals surface area contributed by atoms with E-state index in [1.165, 1.54) is 56.9 Å². The van der Waals surface area contributed by atoms with Gasteiger partial charge >= 0.3 is 5.97 Å². The molecular formula is C19H32O3. The highest BCUT2D eigenvalue weighted by Crippen LogP contribution is 2.28. The quantitative estimate of drug-likeness (QED) is 0.377. The fourth-order valence-electron chi connectivity index (χ4n) is 3.05. The smallest absolute Gasteiger partial charge is 0.303 e. The first-order valence-corrected chi connectivity index (χ1v) is 8.89. The van der Waals surface area contributed by atoms with Crippen molar-refractivity contribution >= 4 is 5.97 Å². The molecule has 126 valence electrons. The van der Waals surface area contributed by atoms with Crippen molar-refractivity contribution in [1.29, 1.82) is 0 Å². The Labute approximate surface area is 135 Å². The molecule has 0 aromatic carbocycles. The Morgan fingerprint density at radius 2 is 1.77 bits per heavy atom. The molecule has 0 heterocycles. The summed E-state index contributed by atoms with van der Waals surface area (Å²) in [6.07, 6.45) is 19.8. The van der Waals surface area contributed by atoms with E-state index in [1.807, 2.05) is 6.08 Å². The molecule has 0 aromatic heterocycles. The van der Waals surface area contributed by atoms with E-state index in [-0.39, 0.29) is 13.0 Å². The molecule has 0 amide bonds. The van der Waals surface area contributed by atoms with Crippen LogP contribution in [-0.4, -0.2) is 22.8 Å². The lowest BCUT2D eigenvalue weighted by Gasteiger charge is -2.06. The number of hydrogen-bond donors (Lipinski definition) is 2. The van der Waals surface area contributed by atoms with Crippen molar-refractivity contribution < 1.29 is 15.0 Å². The molecule has 1 aliphatic rings. The monoisotopic (exact) mass is 308 g/mol. The fraction of sp³-hybridized carbons (Fsp3) is 0.737. The number of carboxylic acid groups (broad SMARTS) is 1. The molecule has 0 saturated heterocycles. The molecule has 2 N–H and O–H groups in total. The van der Waals surface area contributed by atoms with Gasteiger partial charge in [0.25, 0.3) is 0 Å². The average Bonchev–Trinajstić information content (AvgIpc) is 2.96. The summed E-state index contributed by atoms with van der Waals surface area (Å²) < 4.78 is 0. The summed E-state index contributed by atoms with van der Waals surface area (Å²) in [5.74, 6) is 0.00317. The van der Waals surface area contributed by atoms with E-state index >= 15 is 0 Å². The van der Waals surface area contributed by atoms with Crippen LogP contribution in [-0.2, 0) is 4.79 Å². The van der Waals surface area contributed by atoms with Gasteiger partial charge in [-0.2, -0.15) is 0 Å². The van der Waals surface area contributed by atoms with Gasteiger partial charge in [0.1, 0.15) is 0 Å². The molecule has 1 atom stereocenters. The third-order valence-electron chi connectivity index (χ3n) is 4.40. The van der Waals surface area contributed by atoms with E-state index in [0.717, 1.165) is 18.8 Å². The predicted molar refractivity (Wildman–Crippen MR) is 90.8 cm³/mol. The zero-order chi connectivity index (χ0) is 16.0. The maximum atomic E-state index is 10.3. The lowest BCUT2D eigenvalue weighted by atomic mass is 10.00. The predicted octanol–water partition coefficient (Wildman–Crippen LogP) is 4.86. The zero-order valence-electron chi connectivity index (χ0n) is 13.8. The molecule has 3 heteroatoms. The van der Waals surface area contributed by atoms with Gasteiger partial charge in [-0.3, -0.25) is 4.79 Å². The van der Waals surface area contributed by atoms with Crippen LogP contribution in [0.5, 0.6) is 0 Å². The molecule has 22 heavy (non-hydrogen) atoms. The Bertz CT molecular complexity index is 358. The van der Waals surface area contributed by atoms with Crippen molar-refractivity contribution in [3.63, 3.8) is 0 Å². The third-order valence-corrected chi connectivity index (χ3v) is 4.40. The number of allylic oxidation sites excluding steroid dienone is 3. The summed E-state index contributed by atoms with van der Waals surface area (Å²) in [4.78, 5) is 10.3. The van der Waals surface area contributed by atoms with E-state index in [2.05, 4.69) is 12.2 Å². The number of aliphatic carboxylic acids is 1. The number of hydrogen-bond acceptors (Lipinski definition) is 2. The van der Waals surface area contributed by atoms with Crippen LogP contribution >= 0.6 is 0 Å². The van der Waals surface area contributed by atoms with Crippen molar-refractivity contribution in [1.82, 2.24) is 0 Å². The highest BCUT2D eigenvalue weighted by atomic mass is 16.4. The molecular weight excluding hydrogens is 276 g/mol. The molecule has 1 rings (SSSR count). The second kappa shape index (κ2) is 12.5. The second-order valence-corrected chi connectivity index (χ2v) is 6.38. The molecule has 0 aromatic rings. The third kappa shape index (κ3) is 9.78. The van der Waals surface area contributed by atoms with Gasteiger partial charge < -0.3 is 10.2 Å². The van der Waals surface area contributed by atoms with Crippen molar-refractivity contribution in [3.8, 4) is 0 Å². The number of carboxylic acids is 1. The minimum atomic E-state index is -0.717. The van der Waals surface area contributed by atoms with Crippen LogP contribution in [0.2, 0.25) is 0 Å². The maximum absolute atomic E-state index is 10.3. The highest BCUT2D eigenvalue weighted by Gasteiger charge is 2.14. The normalized spacial score (nSPS) is 18.0. The van der Waals surface area contributed by atoms with Gasteiger partial charge in [-0.15, -0.1) is 0 Å². The topological polar surface area (TPSA) is 57.5 Å². The summed E-state index contributed by atoms with van der Waals surface area (Å²) in [7, 11) is 0. The van der Waals surface area contributed by atoms with Gasteiger partial charge in [0, 0.05) is 6.42 Å². The molecule has 0 aliphatic heterocycles. The van der Waals surface area contributed by atoms with Gasteiger partial charge in [0.05, 0.1) is 6.61 Å². The summed E-state index contributed by atoms with van der Waals surface area (Å²) in [6, 6.07) is 0. The molecule has 0 spiro atoms. The summed E-state index contributed by atoms with van der Waals surface area (Å²) in [6.45, 7) is 0.251. The Morgan fingerprint density at radius 1 is 1.09 bits per heavy atom. The molecule has 1 unspecified atom stereocenters. The lowest BCUT2D eigenvalue weighted by molar-refractivity contribution is -0.136. The summed E-state index contributed by atoms with van der Waals surface area (Å²) in [5, 5.41) is 17.6. The standard InChI is InChI=1S/C19H32O3/c20-16-18-14-13-17(15-18)11-9-7-5-3-1-2-4-6-8-10-12-19(21)22/h6,8,15,17,20H,1-5,7,9-14,16H2,(H,21,22). The Morgan fingerprint density at radius 3 is 2.45 bits per heavy atom. The number of unbranched alkanes of at least 4 members (excludes halogenated alkanes) is 6. The Hall–Kier alpha value is -1.09. The molecule has 1 aliphatic carbocycles. The summed E-state index contributed by atoms with van der Waals surface area (Å²) >= 11 is 0. The Kier molecular flexibility index (Phi) is 10.7. The van der Waals surface area contributed by atoms with Gasteiger partial charge in [-0.25, -0.2) is 0 Å². The van der Waals surface area contributed by atoms with E-state index in [1.54, 1.807) is 0 Å². The van der Waals surface area contributed by atoms with Gasteiger partial charge in [0.2, 0.25) is 0 Å². The first-order valence-electron chi connectivity index (χ1n) is 8.89. The summed E-state index contributed by atoms with van der Waals surface area (Å²) in [5.41, 5.74) is 1.24. The molecule has 0 bridgehead atoms.